The van der Waals surface area contributed by atoms with Crippen molar-refractivity contribution in [3.8, 4) is 11.8 Å². The van der Waals surface area contributed by atoms with Crippen molar-refractivity contribution in [2.45, 2.75) is 0 Å². The van der Waals surface area contributed by atoms with Gasteiger partial charge in [0.25, 0.3) is 0 Å². The summed E-state index contributed by atoms with van der Waals surface area (Å²) in [5.74, 6) is -1.60. The highest BCUT2D eigenvalue weighted by Gasteiger charge is 2.07. The van der Waals surface area contributed by atoms with Crippen LogP contribution in [0.5, 0.6) is 11.8 Å². The van der Waals surface area contributed by atoms with Crippen molar-refractivity contribution >= 4 is 17.6 Å². The Bertz CT molecular complexity index is 589. The number of hydrogen-bond donors (Lipinski definition) is 1. The molecule has 0 radical (unpaired) electrons. The molecule has 0 aliphatic carbocycles. The first kappa shape index (κ1) is 12.3. The third-order valence-corrected chi connectivity index (χ3v) is 2.28. The van der Waals surface area contributed by atoms with Gasteiger partial charge in [0.15, 0.2) is 0 Å². The lowest BCUT2D eigenvalue weighted by Gasteiger charge is -2.04. The normalized spacial score (nSPS) is 10.1. The zero-order valence-corrected chi connectivity index (χ0v) is 9.56. The lowest BCUT2D eigenvalue weighted by atomic mass is 10.3. The van der Waals surface area contributed by atoms with E-state index in [9.17, 15) is 9.18 Å². The number of carboxylic acid groups (broad SMARTS) is 1. The molecule has 2 aromatic rings. The molecule has 0 aliphatic rings. The van der Waals surface area contributed by atoms with Crippen LogP contribution >= 0.6 is 11.6 Å². The Morgan fingerprint density at radius 3 is 2.56 bits per heavy atom. The molecule has 0 spiro atoms. The van der Waals surface area contributed by atoms with Crippen molar-refractivity contribution in [1.29, 1.82) is 0 Å². The number of nitrogens with zero attached hydrogens (tertiary/aromatic N) is 2. The molecule has 0 fully saturated rings. The first-order chi connectivity index (χ1) is 8.56. The maximum absolute atomic E-state index is 13.1. The van der Waals surface area contributed by atoms with E-state index >= 15 is 0 Å². The Balaban J connectivity index is 2.18. The fourth-order valence-electron chi connectivity index (χ4n) is 1.13. The fraction of sp³-hybridized carbons (Fsp3) is 0. The van der Waals surface area contributed by atoms with Gasteiger partial charge in [-0.15, -0.1) is 0 Å². The van der Waals surface area contributed by atoms with Gasteiger partial charge in [-0.05, 0) is 12.1 Å². The van der Waals surface area contributed by atoms with Gasteiger partial charge in [-0.25, -0.2) is 19.2 Å². The molecule has 0 aliphatic heterocycles. The lowest BCUT2D eigenvalue weighted by molar-refractivity contribution is 0.0696. The molecule has 0 saturated carbocycles. The average molecular weight is 269 g/mol. The Morgan fingerprint density at radius 2 is 2.00 bits per heavy atom. The molecule has 0 amide bonds. The van der Waals surface area contributed by atoms with Crippen LogP contribution in [0.4, 0.5) is 4.39 Å². The second-order valence-electron chi connectivity index (χ2n) is 3.24. The maximum atomic E-state index is 13.1. The van der Waals surface area contributed by atoms with Crippen molar-refractivity contribution in [1.82, 2.24) is 9.97 Å². The minimum atomic E-state index is -1.14. The number of aromatic carboxylic acids is 1. The first-order valence-corrected chi connectivity index (χ1v) is 5.12. The number of ether oxygens (including phenoxy) is 1. The minimum absolute atomic E-state index is 0.0236. The summed E-state index contributed by atoms with van der Waals surface area (Å²) in [5.41, 5.74) is -0.0652. The molecular weight excluding hydrogens is 263 g/mol. The van der Waals surface area contributed by atoms with Crippen LogP contribution in [0, 0.1) is 5.82 Å². The molecule has 0 saturated heterocycles. The number of carboxylic acids is 1. The van der Waals surface area contributed by atoms with E-state index < -0.39 is 11.8 Å². The van der Waals surface area contributed by atoms with Crippen LogP contribution in [0.2, 0.25) is 5.02 Å². The fourth-order valence-corrected chi connectivity index (χ4v) is 1.24. The summed E-state index contributed by atoms with van der Waals surface area (Å²) >= 11 is 5.51. The van der Waals surface area contributed by atoms with E-state index in [1.54, 1.807) is 0 Å². The molecular formula is C11H6ClFN2O3. The van der Waals surface area contributed by atoms with Crippen molar-refractivity contribution in [2.75, 3.05) is 0 Å². The van der Waals surface area contributed by atoms with E-state index in [-0.39, 0.29) is 22.3 Å². The molecule has 1 aromatic carbocycles. The van der Waals surface area contributed by atoms with Gasteiger partial charge in [-0.3, -0.25) is 0 Å². The summed E-state index contributed by atoms with van der Waals surface area (Å²) < 4.78 is 18.3. The molecule has 92 valence electrons. The first-order valence-electron chi connectivity index (χ1n) is 4.74. The summed E-state index contributed by atoms with van der Waals surface area (Å²) in [6.45, 7) is 0. The number of aromatic nitrogens is 2. The van der Waals surface area contributed by atoms with Gasteiger partial charge in [-0.2, -0.15) is 0 Å². The summed E-state index contributed by atoms with van der Waals surface area (Å²) in [4.78, 5) is 17.9. The average Bonchev–Trinajstić information content (AvgIpc) is 2.34. The van der Waals surface area contributed by atoms with Gasteiger partial charge in [0.05, 0.1) is 10.6 Å². The minimum Gasteiger partial charge on any atom is -0.478 e. The smallest absolute Gasteiger partial charge is 0.338 e. The largest absolute Gasteiger partial charge is 0.478 e. The third-order valence-electron chi connectivity index (χ3n) is 1.98. The lowest BCUT2D eigenvalue weighted by Crippen LogP contribution is -1.99. The zero-order chi connectivity index (χ0) is 13.1. The highest BCUT2D eigenvalue weighted by Crippen LogP contribution is 2.23. The highest BCUT2D eigenvalue weighted by atomic mass is 35.5. The molecule has 18 heavy (non-hydrogen) atoms. The zero-order valence-electron chi connectivity index (χ0n) is 8.80. The van der Waals surface area contributed by atoms with Gasteiger partial charge >= 0.3 is 12.0 Å². The summed E-state index contributed by atoms with van der Waals surface area (Å²) in [6.07, 6.45) is 2.19. The van der Waals surface area contributed by atoms with Gasteiger partial charge in [0, 0.05) is 18.5 Å². The second kappa shape index (κ2) is 4.97. The number of benzene rings is 1. The number of hydrogen-bond acceptors (Lipinski definition) is 4. The molecule has 0 unspecified atom stereocenters. The quantitative estimate of drug-likeness (QED) is 0.927. The Hall–Kier alpha value is -2.21. The molecule has 2 rings (SSSR count). The standard InChI is InChI=1S/C11H6ClFN2O3/c12-8-2-1-7(3-9(8)13)18-11-14-4-6(5-15-11)10(16)17/h1-5H,(H,16,17). The van der Waals surface area contributed by atoms with E-state index in [2.05, 4.69) is 9.97 Å². The number of carbonyl (C=O) groups is 1. The Labute approximate surface area is 106 Å². The molecule has 1 N–H and O–H groups in total. The van der Waals surface area contributed by atoms with E-state index in [0.717, 1.165) is 18.5 Å². The van der Waals surface area contributed by atoms with Gasteiger partial charge < -0.3 is 9.84 Å². The van der Waals surface area contributed by atoms with E-state index in [0.29, 0.717) is 0 Å². The molecule has 7 heteroatoms. The van der Waals surface area contributed by atoms with Crippen LogP contribution in [0.3, 0.4) is 0 Å². The summed E-state index contributed by atoms with van der Waals surface area (Å²) in [5, 5.41) is 8.62. The maximum Gasteiger partial charge on any atom is 0.338 e. The van der Waals surface area contributed by atoms with Crippen molar-refractivity contribution in [2.24, 2.45) is 0 Å². The Morgan fingerprint density at radius 1 is 1.33 bits per heavy atom. The van der Waals surface area contributed by atoms with Crippen LogP contribution in [0.15, 0.2) is 30.6 Å². The van der Waals surface area contributed by atoms with Gasteiger partial charge in [0.2, 0.25) is 0 Å². The van der Waals surface area contributed by atoms with Crippen molar-refractivity contribution in [3.63, 3.8) is 0 Å². The van der Waals surface area contributed by atoms with Crippen LogP contribution in [0.25, 0.3) is 0 Å². The molecule has 0 bridgehead atoms. The Kier molecular flexibility index (Phi) is 3.38. The molecule has 1 aromatic heterocycles. The molecule has 1 heterocycles. The SMILES string of the molecule is O=C(O)c1cnc(Oc2ccc(Cl)c(F)c2)nc1. The summed E-state index contributed by atoms with van der Waals surface area (Å²) in [7, 11) is 0. The van der Waals surface area contributed by atoms with Gasteiger partial charge in [-0.1, -0.05) is 11.6 Å². The number of rotatable bonds is 3. The van der Waals surface area contributed by atoms with Crippen LogP contribution in [-0.4, -0.2) is 21.0 Å². The topological polar surface area (TPSA) is 72.3 Å². The van der Waals surface area contributed by atoms with E-state index in [4.69, 9.17) is 21.4 Å². The van der Waals surface area contributed by atoms with Gasteiger partial charge in [0.1, 0.15) is 11.6 Å². The molecule has 0 atom stereocenters. The predicted molar refractivity (Wildman–Crippen MR) is 60.5 cm³/mol. The van der Waals surface area contributed by atoms with E-state index in [1.807, 2.05) is 0 Å². The number of halogens is 2. The van der Waals surface area contributed by atoms with Crippen molar-refractivity contribution < 1.29 is 19.0 Å². The van der Waals surface area contributed by atoms with Crippen LogP contribution in [-0.2, 0) is 0 Å². The molecule has 5 nitrogen and oxygen atoms in total. The van der Waals surface area contributed by atoms with E-state index in [1.165, 1.54) is 12.1 Å². The third kappa shape index (κ3) is 2.72. The van der Waals surface area contributed by atoms with Crippen molar-refractivity contribution in [3.05, 3.63) is 47.0 Å². The van der Waals surface area contributed by atoms with Crippen LogP contribution in [0.1, 0.15) is 10.4 Å². The highest BCUT2D eigenvalue weighted by molar-refractivity contribution is 6.30. The second-order valence-corrected chi connectivity index (χ2v) is 3.64. The van der Waals surface area contributed by atoms with Crippen LogP contribution < -0.4 is 4.74 Å². The predicted octanol–water partition coefficient (Wildman–Crippen LogP) is 2.76. The monoisotopic (exact) mass is 268 g/mol. The summed E-state index contributed by atoms with van der Waals surface area (Å²) in [6, 6.07) is 3.77.